The highest BCUT2D eigenvalue weighted by Crippen LogP contribution is 2.09. The third-order valence-corrected chi connectivity index (χ3v) is 3.54. The molecule has 2 unspecified atom stereocenters. The molecule has 7 nitrogen and oxygen atoms in total. The predicted octanol–water partition coefficient (Wildman–Crippen LogP) is -1.45. The van der Waals surface area contributed by atoms with Crippen LogP contribution >= 0.6 is 0 Å². The van der Waals surface area contributed by atoms with Crippen molar-refractivity contribution in [1.82, 2.24) is 20.9 Å². The van der Waals surface area contributed by atoms with Gasteiger partial charge in [-0.15, -0.1) is 0 Å². The molecule has 1 rings (SSSR count). The van der Waals surface area contributed by atoms with E-state index in [1.165, 1.54) is 0 Å². The molecule has 1 aliphatic heterocycles. The average molecular weight is 286 g/mol. The van der Waals surface area contributed by atoms with Gasteiger partial charge in [0.15, 0.2) is 0 Å². The Morgan fingerprint density at radius 1 is 1.50 bits per heavy atom. The molecule has 0 bridgehead atoms. The van der Waals surface area contributed by atoms with Gasteiger partial charge in [0.25, 0.3) is 0 Å². The van der Waals surface area contributed by atoms with Crippen molar-refractivity contribution in [3.8, 4) is 0 Å². The van der Waals surface area contributed by atoms with E-state index in [-0.39, 0.29) is 23.9 Å². The molecule has 0 spiro atoms. The fourth-order valence-corrected chi connectivity index (χ4v) is 2.32. The van der Waals surface area contributed by atoms with E-state index in [1.54, 1.807) is 14.2 Å². The van der Waals surface area contributed by atoms with E-state index in [1.807, 2.05) is 11.8 Å². The summed E-state index contributed by atoms with van der Waals surface area (Å²) in [5.41, 5.74) is 0. The largest absolute Gasteiger partial charge is 0.385 e. The number of nitrogens with one attached hydrogen (secondary N) is 3. The van der Waals surface area contributed by atoms with Crippen molar-refractivity contribution in [2.75, 3.05) is 46.9 Å². The maximum Gasteiger partial charge on any atom is 0.238 e. The van der Waals surface area contributed by atoms with Crippen LogP contribution in [0.15, 0.2) is 0 Å². The van der Waals surface area contributed by atoms with Crippen LogP contribution in [0.2, 0.25) is 0 Å². The normalized spacial score (nSPS) is 21.2. The van der Waals surface area contributed by atoms with Crippen LogP contribution in [0.3, 0.4) is 0 Å². The smallest absolute Gasteiger partial charge is 0.238 e. The number of piperazine rings is 1. The van der Waals surface area contributed by atoms with E-state index in [0.29, 0.717) is 26.2 Å². The zero-order valence-corrected chi connectivity index (χ0v) is 12.6. The zero-order chi connectivity index (χ0) is 15.0. The SMILES string of the molecule is CNC(=O)C1CNCCN1C(C)C(=O)NCCCOC. The van der Waals surface area contributed by atoms with E-state index in [9.17, 15) is 9.59 Å². The minimum Gasteiger partial charge on any atom is -0.385 e. The Labute approximate surface area is 120 Å². The Bertz CT molecular complexity index is 325. The maximum absolute atomic E-state index is 12.1. The van der Waals surface area contributed by atoms with Crippen molar-refractivity contribution in [3.63, 3.8) is 0 Å². The van der Waals surface area contributed by atoms with Crippen LogP contribution in [0.5, 0.6) is 0 Å². The van der Waals surface area contributed by atoms with Gasteiger partial charge in [-0.25, -0.2) is 0 Å². The molecule has 7 heteroatoms. The lowest BCUT2D eigenvalue weighted by Crippen LogP contribution is -2.62. The summed E-state index contributed by atoms with van der Waals surface area (Å²) in [7, 11) is 3.25. The summed E-state index contributed by atoms with van der Waals surface area (Å²) in [5, 5.41) is 8.71. The molecule has 0 aliphatic carbocycles. The summed E-state index contributed by atoms with van der Waals surface area (Å²) in [6, 6.07) is -0.615. The van der Waals surface area contributed by atoms with Crippen molar-refractivity contribution in [3.05, 3.63) is 0 Å². The van der Waals surface area contributed by atoms with E-state index < -0.39 is 0 Å². The third-order valence-electron chi connectivity index (χ3n) is 3.54. The molecule has 0 aromatic heterocycles. The van der Waals surface area contributed by atoms with Gasteiger partial charge in [-0.3, -0.25) is 14.5 Å². The topological polar surface area (TPSA) is 82.7 Å². The van der Waals surface area contributed by atoms with Crippen LogP contribution in [0, 0.1) is 0 Å². The Balaban J connectivity index is 2.51. The third kappa shape index (κ3) is 4.73. The zero-order valence-electron chi connectivity index (χ0n) is 12.6. The number of nitrogens with zero attached hydrogens (tertiary/aromatic N) is 1. The summed E-state index contributed by atoms with van der Waals surface area (Å²) in [5.74, 6) is -0.104. The summed E-state index contributed by atoms with van der Waals surface area (Å²) < 4.78 is 4.94. The van der Waals surface area contributed by atoms with Crippen molar-refractivity contribution in [2.24, 2.45) is 0 Å². The van der Waals surface area contributed by atoms with Crippen molar-refractivity contribution in [2.45, 2.75) is 25.4 Å². The second-order valence-electron chi connectivity index (χ2n) is 4.89. The molecule has 0 radical (unpaired) electrons. The highest BCUT2D eigenvalue weighted by atomic mass is 16.5. The van der Waals surface area contributed by atoms with Crippen LogP contribution in [0.1, 0.15) is 13.3 Å². The lowest BCUT2D eigenvalue weighted by molar-refractivity contribution is -0.132. The first-order valence-corrected chi connectivity index (χ1v) is 7.06. The number of carbonyl (C=O) groups is 2. The Morgan fingerprint density at radius 3 is 2.90 bits per heavy atom. The van der Waals surface area contributed by atoms with Gasteiger partial charge in [0.2, 0.25) is 11.8 Å². The number of ether oxygens (including phenoxy) is 1. The van der Waals surface area contributed by atoms with Crippen LogP contribution in [0.4, 0.5) is 0 Å². The molecule has 2 atom stereocenters. The van der Waals surface area contributed by atoms with Crippen molar-refractivity contribution < 1.29 is 14.3 Å². The maximum atomic E-state index is 12.1. The van der Waals surface area contributed by atoms with E-state index in [2.05, 4.69) is 16.0 Å². The molecular weight excluding hydrogens is 260 g/mol. The minimum atomic E-state index is -0.318. The number of rotatable bonds is 7. The fraction of sp³-hybridized carbons (Fsp3) is 0.846. The number of likely N-dealkylation sites (N-methyl/N-ethyl adjacent to an activating group) is 1. The lowest BCUT2D eigenvalue weighted by atomic mass is 10.1. The van der Waals surface area contributed by atoms with Crippen LogP contribution in [-0.2, 0) is 14.3 Å². The molecular formula is C13H26N4O3. The second-order valence-corrected chi connectivity index (χ2v) is 4.89. The number of methoxy groups -OCH3 is 1. The number of amides is 2. The molecule has 3 N–H and O–H groups in total. The van der Waals surface area contributed by atoms with Gasteiger partial charge in [-0.05, 0) is 13.3 Å². The summed E-state index contributed by atoms with van der Waals surface area (Å²) in [4.78, 5) is 25.9. The molecule has 116 valence electrons. The molecule has 0 aromatic carbocycles. The predicted molar refractivity (Wildman–Crippen MR) is 76.4 cm³/mol. The van der Waals surface area contributed by atoms with Gasteiger partial charge in [0, 0.05) is 46.9 Å². The van der Waals surface area contributed by atoms with E-state index in [0.717, 1.165) is 13.0 Å². The number of carbonyl (C=O) groups excluding carboxylic acids is 2. The van der Waals surface area contributed by atoms with Crippen molar-refractivity contribution >= 4 is 11.8 Å². The Hall–Kier alpha value is -1.18. The quantitative estimate of drug-likeness (QED) is 0.499. The monoisotopic (exact) mass is 286 g/mol. The van der Waals surface area contributed by atoms with Gasteiger partial charge in [0.05, 0.1) is 6.04 Å². The molecule has 1 aliphatic rings. The fourth-order valence-electron chi connectivity index (χ4n) is 2.32. The summed E-state index contributed by atoms with van der Waals surface area (Å²) >= 11 is 0. The van der Waals surface area contributed by atoms with Gasteiger partial charge >= 0.3 is 0 Å². The molecule has 1 fully saturated rings. The minimum absolute atomic E-state index is 0.0445. The van der Waals surface area contributed by atoms with Gasteiger partial charge in [-0.1, -0.05) is 0 Å². The molecule has 1 heterocycles. The summed E-state index contributed by atoms with van der Waals surface area (Å²) in [6.45, 7) is 5.10. The van der Waals surface area contributed by atoms with Crippen molar-refractivity contribution in [1.29, 1.82) is 0 Å². The molecule has 0 aromatic rings. The van der Waals surface area contributed by atoms with E-state index >= 15 is 0 Å². The second kappa shape index (κ2) is 8.89. The summed E-state index contributed by atoms with van der Waals surface area (Å²) in [6.07, 6.45) is 0.787. The number of hydrogen-bond donors (Lipinski definition) is 3. The molecule has 20 heavy (non-hydrogen) atoms. The lowest BCUT2D eigenvalue weighted by Gasteiger charge is -2.38. The van der Waals surface area contributed by atoms with Crippen LogP contribution in [-0.4, -0.2) is 75.7 Å². The van der Waals surface area contributed by atoms with Gasteiger partial charge in [-0.2, -0.15) is 0 Å². The highest BCUT2D eigenvalue weighted by molar-refractivity contribution is 5.85. The van der Waals surface area contributed by atoms with Crippen LogP contribution in [0.25, 0.3) is 0 Å². The Kier molecular flexibility index (Phi) is 7.50. The molecule has 0 saturated carbocycles. The average Bonchev–Trinajstić information content (AvgIpc) is 2.49. The standard InChI is InChI=1S/C13H26N4O3/c1-10(12(18)16-5-4-8-20-3)17-7-6-15-9-11(17)13(19)14-2/h10-11,15H,4-9H2,1-3H3,(H,14,19)(H,16,18). The molecule has 2 amide bonds. The first kappa shape index (κ1) is 16.9. The van der Waals surface area contributed by atoms with Gasteiger partial charge < -0.3 is 20.7 Å². The first-order chi connectivity index (χ1) is 9.61. The highest BCUT2D eigenvalue weighted by Gasteiger charge is 2.33. The first-order valence-electron chi connectivity index (χ1n) is 7.06. The Morgan fingerprint density at radius 2 is 2.25 bits per heavy atom. The van der Waals surface area contributed by atoms with E-state index in [4.69, 9.17) is 4.74 Å². The number of hydrogen-bond acceptors (Lipinski definition) is 5. The van der Waals surface area contributed by atoms with Gasteiger partial charge in [0.1, 0.15) is 6.04 Å². The molecule has 1 saturated heterocycles. The van der Waals surface area contributed by atoms with Crippen LogP contribution < -0.4 is 16.0 Å².